The smallest absolute Gasteiger partial charge is 0.312 e. The Morgan fingerprint density at radius 2 is 1.72 bits per heavy atom. The van der Waals surface area contributed by atoms with Crippen molar-refractivity contribution in [2.75, 3.05) is 12.5 Å². The first kappa shape index (κ1) is 19.5. The van der Waals surface area contributed by atoms with Crippen molar-refractivity contribution in [2.24, 2.45) is 0 Å². The molecular formula is C13H10Cl3N3O5S. The van der Waals surface area contributed by atoms with E-state index in [0.29, 0.717) is 0 Å². The van der Waals surface area contributed by atoms with Crippen molar-refractivity contribution in [1.29, 1.82) is 0 Å². The van der Waals surface area contributed by atoms with E-state index < -0.39 is 20.6 Å². The summed E-state index contributed by atoms with van der Waals surface area (Å²) in [4.78, 5) is 11.9. The molecule has 0 unspecified atom stereocenters. The highest BCUT2D eigenvalue weighted by Gasteiger charge is 2.22. The van der Waals surface area contributed by atoms with Gasteiger partial charge >= 0.3 is 5.69 Å². The number of nitro groups is 1. The Hall–Kier alpha value is -1.78. The fourth-order valence-electron chi connectivity index (χ4n) is 1.82. The number of halogens is 3. The summed E-state index contributed by atoms with van der Waals surface area (Å²) in [7, 11) is -2.92. The number of nitrogens with zero attached hydrogens (tertiary/aromatic N) is 1. The van der Waals surface area contributed by atoms with E-state index in [-0.39, 0.29) is 31.4 Å². The molecule has 0 heterocycles. The lowest BCUT2D eigenvalue weighted by Crippen LogP contribution is -2.29. The van der Waals surface area contributed by atoms with Crippen LogP contribution < -0.4 is 15.0 Å². The second-order valence-electron chi connectivity index (χ2n) is 4.57. The highest BCUT2D eigenvalue weighted by molar-refractivity contribution is 7.89. The van der Waals surface area contributed by atoms with Gasteiger partial charge in [-0.3, -0.25) is 10.1 Å². The van der Waals surface area contributed by atoms with E-state index in [1.807, 2.05) is 4.83 Å². The van der Waals surface area contributed by atoms with Crippen LogP contribution in [0.1, 0.15) is 0 Å². The van der Waals surface area contributed by atoms with E-state index in [4.69, 9.17) is 39.5 Å². The molecule has 0 aromatic heterocycles. The van der Waals surface area contributed by atoms with Gasteiger partial charge in [0.25, 0.3) is 10.0 Å². The van der Waals surface area contributed by atoms with E-state index in [0.717, 1.165) is 12.1 Å². The van der Waals surface area contributed by atoms with Crippen molar-refractivity contribution in [3.63, 3.8) is 0 Å². The van der Waals surface area contributed by atoms with Crippen LogP contribution >= 0.6 is 34.8 Å². The molecule has 2 rings (SSSR count). The number of ether oxygens (including phenoxy) is 1. The van der Waals surface area contributed by atoms with Crippen LogP contribution in [0.4, 0.5) is 11.4 Å². The third kappa shape index (κ3) is 4.44. The number of hydrazine groups is 1. The van der Waals surface area contributed by atoms with Crippen molar-refractivity contribution in [3.05, 3.63) is 55.5 Å². The molecule has 0 spiro atoms. The Morgan fingerprint density at radius 1 is 1.12 bits per heavy atom. The van der Waals surface area contributed by atoms with Crippen molar-refractivity contribution < 1.29 is 18.1 Å². The third-order valence-electron chi connectivity index (χ3n) is 2.97. The number of benzene rings is 2. The van der Waals surface area contributed by atoms with Crippen molar-refractivity contribution in [2.45, 2.75) is 4.90 Å². The molecule has 2 aromatic rings. The van der Waals surface area contributed by atoms with Crippen LogP contribution in [0, 0.1) is 10.1 Å². The Morgan fingerprint density at radius 3 is 2.24 bits per heavy atom. The van der Waals surface area contributed by atoms with Gasteiger partial charge in [0.1, 0.15) is 0 Å². The quantitative estimate of drug-likeness (QED) is 0.536. The maximum atomic E-state index is 12.3. The first-order valence-corrected chi connectivity index (χ1v) is 9.02. The lowest BCUT2D eigenvalue weighted by molar-refractivity contribution is -0.386. The van der Waals surface area contributed by atoms with Gasteiger partial charge in [0.05, 0.1) is 32.7 Å². The number of nitro benzene ring substituents is 1. The topological polar surface area (TPSA) is 111 Å². The fraction of sp³-hybridized carbons (Fsp3) is 0.0769. The number of hydrogen-bond acceptors (Lipinski definition) is 6. The highest BCUT2D eigenvalue weighted by Crippen LogP contribution is 2.33. The molecule has 134 valence electrons. The zero-order valence-electron chi connectivity index (χ0n) is 12.4. The minimum absolute atomic E-state index is 0.0688. The monoisotopic (exact) mass is 425 g/mol. The first-order valence-electron chi connectivity index (χ1n) is 6.40. The highest BCUT2D eigenvalue weighted by atomic mass is 35.5. The number of rotatable bonds is 6. The number of methoxy groups -OCH3 is 1. The molecule has 0 saturated heterocycles. The van der Waals surface area contributed by atoms with Gasteiger partial charge in [-0.1, -0.05) is 34.8 Å². The SMILES string of the molecule is COc1ccc(S(=O)(=O)NNc2c(Cl)cc(Cl)cc2Cl)cc1[N+](=O)[O-]. The average molecular weight is 427 g/mol. The van der Waals surface area contributed by atoms with Crippen LogP contribution in [0.5, 0.6) is 5.75 Å². The molecule has 0 radical (unpaired) electrons. The zero-order chi connectivity index (χ0) is 18.8. The molecule has 0 fully saturated rings. The molecule has 0 aliphatic rings. The molecular weight excluding hydrogens is 417 g/mol. The van der Waals surface area contributed by atoms with Gasteiger partial charge in [-0.25, -0.2) is 8.42 Å². The van der Waals surface area contributed by atoms with E-state index >= 15 is 0 Å². The Labute approximate surface area is 157 Å². The van der Waals surface area contributed by atoms with Crippen LogP contribution in [-0.2, 0) is 10.0 Å². The van der Waals surface area contributed by atoms with E-state index in [1.165, 1.54) is 25.3 Å². The molecule has 0 aliphatic carbocycles. The zero-order valence-corrected chi connectivity index (χ0v) is 15.5. The minimum atomic E-state index is -4.15. The fourth-order valence-corrected chi connectivity index (χ4v) is 3.60. The van der Waals surface area contributed by atoms with Gasteiger partial charge in [-0.15, -0.1) is 4.83 Å². The van der Waals surface area contributed by atoms with Crippen LogP contribution in [0.3, 0.4) is 0 Å². The van der Waals surface area contributed by atoms with Crippen molar-refractivity contribution in [1.82, 2.24) is 4.83 Å². The number of anilines is 1. The first-order chi connectivity index (χ1) is 11.7. The summed E-state index contributed by atoms with van der Waals surface area (Å²) in [6.07, 6.45) is 0. The van der Waals surface area contributed by atoms with Crippen molar-refractivity contribution in [3.8, 4) is 5.75 Å². The van der Waals surface area contributed by atoms with E-state index in [2.05, 4.69) is 5.43 Å². The van der Waals surface area contributed by atoms with E-state index in [9.17, 15) is 18.5 Å². The molecule has 25 heavy (non-hydrogen) atoms. The Kier molecular flexibility index (Phi) is 5.96. The third-order valence-corrected chi connectivity index (χ3v) is 5.03. The van der Waals surface area contributed by atoms with Gasteiger partial charge in [-0.05, 0) is 24.3 Å². The molecule has 0 aliphatic heterocycles. The van der Waals surface area contributed by atoms with Gasteiger partial charge in [0.15, 0.2) is 5.75 Å². The molecule has 12 heteroatoms. The summed E-state index contributed by atoms with van der Waals surface area (Å²) in [6.45, 7) is 0. The normalized spacial score (nSPS) is 11.2. The summed E-state index contributed by atoms with van der Waals surface area (Å²) >= 11 is 17.7. The Bertz CT molecular complexity index is 913. The van der Waals surface area contributed by atoms with Gasteiger partial charge in [-0.2, -0.15) is 0 Å². The number of sulfonamides is 1. The summed E-state index contributed by atoms with van der Waals surface area (Å²) in [5, 5.41) is 11.4. The molecule has 2 aromatic carbocycles. The number of hydrogen-bond donors (Lipinski definition) is 2. The van der Waals surface area contributed by atoms with Crippen molar-refractivity contribution >= 4 is 56.2 Å². The van der Waals surface area contributed by atoms with Gasteiger partial charge in [0, 0.05) is 11.1 Å². The summed E-state index contributed by atoms with van der Waals surface area (Å²) in [5.41, 5.74) is 1.95. The van der Waals surface area contributed by atoms with E-state index in [1.54, 1.807) is 0 Å². The maximum absolute atomic E-state index is 12.3. The molecule has 0 atom stereocenters. The lowest BCUT2D eigenvalue weighted by atomic mass is 10.3. The van der Waals surface area contributed by atoms with Crippen LogP contribution in [-0.4, -0.2) is 20.5 Å². The average Bonchev–Trinajstić information content (AvgIpc) is 2.52. The molecule has 0 bridgehead atoms. The summed E-state index contributed by atoms with van der Waals surface area (Å²) < 4.78 is 29.5. The molecule has 0 amide bonds. The second-order valence-corrected chi connectivity index (χ2v) is 7.50. The second kappa shape index (κ2) is 7.63. The predicted molar refractivity (Wildman–Crippen MR) is 95.1 cm³/mol. The van der Waals surface area contributed by atoms with Gasteiger partial charge < -0.3 is 10.2 Å². The minimum Gasteiger partial charge on any atom is -0.490 e. The Balaban J connectivity index is 2.31. The predicted octanol–water partition coefficient (Wildman–Crippen LogP) is 3.87. The summed E-state index contributed by atoms with van der Waals surface area (Å²) in [6, 6.07) is 5.93. The van der Waals surface area contributed by atoms with Crippen LogP contribution in [0.15, 0.2) is 35.2 Å². The molecule has 0 saturated carbocycles. The molecule has 2 N–H and O–H groups in total. The standard InChI is InChI=1S/C13H10Cl3N3O5S/c1-24-12-3-2-8(6-11(12)19(20)21)25(22,23)18-17-13-9(15)4-7(14)5-10(13)16/h2-6,17-18H,1H3. The molecule has 8 nitrogen and oxygen atoms in total. The number of nitrogens with one attached hydrogen (secondary N) is 2. The maximum Gasteiger partial charge on any atom is 0.312 e. The lowest BCUT2D eigenvalue weighted by Gasteiger charge is -2.13. The van der Waals surface area contributed by atoms with Crippen LogP contribution in [0.2, 0.25) is 15.1 Å². The summed E-state index contributed by atoms with van der Waals surface area (Å²) in [5.74, 6) is -0.0688. The van der Waals surface area contributed by atoms with Crippen LogP contribution in [0.25, 0.3) is 0 Å². The largest absolute Gasteiger partial charge is 0.490 e. The van der Waals surface area contributed by atoms with Gasteiger partial charge in [0.2, 0.25) is 0 Å².